The Hall–Kier alpha value is -0.0831. The second kappa shape index (κ2) is 5.55. The molecule has 0 aliphatic rings. The van der Waals surface area contributed by atoms with Gasteiger partial charge in [-0.25, -0.2) is 0 Å². The summed E-state index contributed by atoms with van der Waals surface area (Å²) in [6, 6.07) is 2.70. The molecule has 5 heteroatoms. The number of halogens is 1. The van der Waals surface area contributed by atoms with Gasteiger partial charge < -0.3 is 8.85 Å². The van der Waals surface area contributed by atoms with Crippen LogP contribution >= 0.6 is 11.1 Å². The number of hydrogen-bond donors (Lipinski definition) is 0. The number of unbranched alkanes of at least 4 members (excludes halogenated alkanes) is 1. The van der Waals surface area contributed by atoms with Gasteiger partial charge in [0, 0.05) is 26.7 Å². The fourth-order valence-corrected chi connectivity index (χ4v) is 2.24. The molecule has 0 amide bonds. The van der Waals surface area contributed by atoms with Crippen molar-refractivity contribution in [3.05, 3.63) is 0 Å². The maximum absolute atomic E-state index is 8.25. The summed E-state index contributed by atoms with van der Waals surface area (Å²) < 4.78 is 10.0. The van der Waals surface area contributed by atoms with E-state index in [0.29, 0.717) is 12.5 Å². The quantitative estimate of drug-likeness (QED) is 0.380. The first-order valence-electron chi connectivity index (χ1n) is 3.34. The molecular formula is C6H12ClNO2Si. The summed E-state index contributed by atoms with van der Waals surface area (Å²) in [6.07, 6.45) is 1.25. The zero-order chi connectivity index (χ0) is 8.74. The normalized spacial score (nSPS) is 11.1. The molecule has 0 unspecified atom stereocenters. The molecule has 0 N–H and O–H groups in total. The van der Waals surface area contributed by atoms with Crippen molar-refractivity contribution in [1.29, 1.82) is 5.26 Å². The highest BCUT2D eigenvalue weighted by atomic mass is 35.6. The van der Waals surface area contributed by atoms with Gasteiger partial charge in [-0.15, -0.1) is 0 Å². The topological polar surface area (TPSA) is 42.2 Å². The van der Waals surface area contributed by atoms with E-state index < -0.39 is 7.87 Å². The molecule has 0 aromatic heterocycles. The van der Waals surface area contributed by atoms with Gasteiger partial charge in [0.25, 0.3) is 0 Å². The fourth-order valence-electron chi connectivity index (χ4n) is 0.666. The molecular weight excluding hydrogens is 182 g/mol. The molecule has 0 aliphatic carbocycles. The lowest BCUT2D eigenvalue weighted by Gasteiger charge is -2.18. The van der Waals surface area contributed by atoms with Crippen LogP contribution in [0.15, 0.2) is 0 Å². The summed E-state index contributed by atoms with van der Waals surface area (Å²) in [5.74, 6) is 0. The van der Waals surface area contributed by atoms with Gasteiger partial charge in [0.1, 0.15) is 0 Å². The van der Waals surface area contributed by atoms with Crippen LogP contribution in [0.4, 0.5) is 0 Å². The maximum Gasteiger partial charge on any atom is 0.442 e. The Kier molecular flexibility index (Phi) is 5.51. The van der Waals surface area contributed by atoms with Crippen molar-refractivity contribution in [2.24, 2.45) is 0 Å². The Morgan fingerprint density at radius 3 is 2.36 bits per heavy atom. The Morgan fingerprint density at radius 2 is 2.00 bits per heavy atom. The van der Waals surface area contributed by atoms with Crippen molar-refractivity contribution < 1.29 is 8.85 Å². The lowest BCUT2D eigenvalue weighted by molar-refractivity contribution is 0.265. The van der Waals surface area contributed by atoms with Crippen LogP contribution in [0, 0.1) is 11.3 Å². The average molecular weight is 194 g/mol. The van der Waals surface area contributed by atoms with Crippen molar-refractivity contribution in [3.63, 3.8) is 0 Å². The molecule has 0 aliphatic heterocycles. The summed E-state index contributed by atoms with van der Waals surface area (Å²) in [4.78, 5) is 0. The predicted octanol–water partition coefficient (Wildman–Crippen LogP) is 1.76. The summed E-state index contributed by atoms with van der Waals surface area (Å²) in [5, 5.41) is 8.25. The Labute approximate surface area is 72.8 Å². The molecule has 3 nitrogen and oxygen atoms in total. The number of hydrogen-bond acceptors (Lipinski definition) is 3. The van der Waals surface area contributed by atoms with Crippen molar-refractivity contribution in [1.82, 2.24) is 0 Å². The highest BCUT2D eigenvalue weighted by Crippen LogP contribution is 2.19. The average Bonchev–Trinajstić information content (AvgIpc) is 2.05. The Balaban J connectivity index is 3.62. The Bertz CT molecular complexity index is 144. The molecule has 64 valence electrons. The molecule has 0 radical (unpaired) electrons. The standard InChI is InChI=1S/C6H12ClNO2Si/c1-9-11(7,10-2)6-4-3-5-8/h3-4,6H2,1-2H3. The third-order valence-corrected chi connectivity index (χ3v) is 5.04. The van der Waals surface area contributed by atoms with Crippen molar-refractivity contribution in [2.75, 3.05) is 14.2 Å². The number of rotatable bonds is 5. The second-order valence-corrected chi connectivity index (χ2v) is 6.44. The van der Waals surface area contributed by atoms with E-state index in [1.54, 1.807) is 0 Å². The van der Waals surface area contributed by atoms with E-state index in [-0.39, 0.29) is 0 Å². The van der Waals surface area contributed by atoms with E-state index in [4.69, 9.17) is 25.2 Å². The van der Waals surface area contributed by atoms with Crippen molar-refractivity contribution in [2.45, 2.75) is 18.9 Å². The van der Waals surface area contributed by atoms with E-state index in [0.717, 1.165) is 6.42 Å². The summed E-state index contributed by atoms with van der Waals surface area (Å²) >= 11 is 5.93. The largest absolute Gasteiger partial charge is 0.442 e. The van der Waals surface area contributed by atoms with Crippen LogP contribution in [0.1, 0.15) is 12.8 Å². The molecule has 0 atom stereocenters. The fraction of sp³-hybridized carbons (Fsp3) is 0.833. The highest BCUT2D eigenvalue weighted by molar-refractivity contribution is 7.12. The van der Waals surface area contributed by atoms with Crippen molar-refractivity contribution >= 4 is 18.9 Å². The van der Waals surface area contributed by atoms with E-state index in [1.165, 1.54) is 14.2 Å². The minimum atomic E-state index is -2.41. The maximum atomic E-state index is 8.25. The summed E-state index contributed by atoms with van der Waals surface area (Å²) in [6.45, 7) is 0. The molecule has 0 fully saturated rings. The first-order chi connectivity index (χ1) is 5.18. The van der Waals surface area contributed by atoms with Crippen LogP contribution < -0.4 is 0 Å². The van der Waals surface area contributed by atoms with Gasteiger partial charge in [0.2, 0.25) is 0 Å². The van der Waals surface area contributed by atoms with Gasteiger partial charge in [-0.2, -0.15) is 5.26 Å². The zero-order valence-corrected chi connectivity index (χ0v) is 8.52. The molecule has 0 heterocycles. The first-order valence-corrected chi connectivity index (χ1v) is 6.38. The second-order valence-electron chi connectivity index (χ2n) is 2.08. The van der Waals surface area contributed by atoms with Gasteiger partial charge >= 0.3 is 7.87 Å². The SMILES string of the molecule is CO[Si](Cl)(CCCC#N)OC. The van der Waals surface area contributed by atoms with Crippen LogP contribution in [0.5, 0.6) is 0 Å². The van der Waals surface area contributed by atoms with Crippen LogP contribution in [0.25, 0.3) is 0 Å². The lowest BCUT2D eigenvalue weighted by Crippen LogP contribution is -2.32. The van der Waals surface area contributed by atoms with Gasteiger partial charge in [0.05, 0.1) is 6.07 Å². The van der Waals surface area contributed by atoms with Gasteiger partial charge in [0.15, 0.2) is 0 Å². The van der Waals surface area contributed by atoms with E-state index >= 15 is 0 Å². The molecule has 0 rings (SSSR count). The lowest BCUT2D eigenvalue weighted by atomic mass is 10.4. The third kappa shape index (κ3) is 4.38. The number of nitrogens with zero attached hydrogens (tertiary/aromatic N) is 1. The van der Waals surface area contributed by atoms with E-state index in [1.807, 2.05) is 6.07 Å². The summed E-state index contributed by atoms with van der Waals surface area (Å²) in [5.41, 5.74) is 0. The summed E-state index contributed by atoms with van der Waals surface area (Å²) in [7, 11) is 0.660. The van der Waals surface area contributed by atoms with Crippen LogP contribution in [-0.2, 0) is 8.85 Å². The molecule has 11 heavy (non-hydrogen) atoms. The first kappa shape index (κ1) is 10.9. The van der Waals surface area contributed by atoms with Crippen molar-refractivity contribution in [3.8, 4) is 6.07 Å². The molecule has 0 spiro atoms. The predicted molar refractivity (Wildman–Crippen MR) is 45.3 cm³/mol. The minimum Gasteiger partial charge on any atom is -0.386 e. The van der Waals surface area contributed by atoms with Gasteiger partial charge in [-0.05, 0) is 6.42 Å². The van der Waals surface area contributed by atoms with Crippen LogP contribution in [-0.4, -0.2) is 22.1 Å². The van der Waals surface area contributed by atoms with Crippen LogP contribution in [0.3, 0.4) is 0 Å². The minimum absolute atomic E-state index is 0.508. The van der Waals surface area contributed by atoms with Gasteiger partial charge in [-0.3, -0.25) is 0 Å². The van der Waals surface area contributed by atoms with Crippen LogP contribution in [0.2, 0.25) is 6.04 Å². The molecule has 0 saturated carbocycles. The third-order valence-electron chi connectivity index (χ3n) is 1.37. The monoisotopic (exact) mass is 193 g/mol. The molecule has 0 aromatic carbocycles. The zero-order valence-electron chi connectivity index (χ0n) is 6.76. The van der Waals surface area contributed by atoms with E-state index in [2.05, 4.69) is 0 Å². The molecule has 0 bridgehead atoms. The molecule has 0 aromatic rings. The highest BCUT2D eigenvalue weighted by Gasteiger charge is 2.32. The Morgan fingerprint density at radius 1 is 1.45 bits per heavy atom. The smallest absolute Gasteiger partial charge is 0.386 e. The molecule has 0 saturated heterocycles. The van der Waals surface area contributed by atoms with Gasteiger partial charge in [-0.1, -0.05) is 11.1 Å². The number of nitriles is 1. The van der Waals surface area contributed by atoms with E-state index in [9.17, 15) is 0 Å².